The van der Waals surface area contributed by atoms with Crippen LogP contribution < -0.4 is 5.32 Å². The van der Waals surface area contributed by atoms with Crippen molar-refractivity contribution in [2.45, 2.75) is 44.9 Å². The Labute approximate surface area is 75.9 Å². The zero-order valence-electron chi connectivity index (χ0n) is 8.02. The van der Waals surface area contributed by atoms with Gasteiger partial charge in [-0.2, -0.15) is 0 Å². The van der Waals surface area contributed by atoms with E-state index in [2.05, 4.69) is 5.32 Å². The lowest BCUT2D eigenvalue weighted by molar-refractivity contribution is 0.318. The zero-order chi connectivity index (χ0) is 8.23. The van der Waals surface area contributed by atoms with Crippen molar-refractivity contribution in [3.05, 3.63) is 0 Å². The van der Waals surface area contributed by atoms with Crippen molar-refractivity contribution >= 4 is 0 Å². The summed E-state index contributed by atoms with van der Waals surface area (Å²) in [5.74, 6) is 2.10. The molecule has 2 aliphatic rings. The second-order valence-corrected chi connectivity index (χ2v) is 4.50. The molecule has 1 atom stereocenters. The molecule has 0 amide bonds. The third-order valence-corrected chi connectivity index (χ3v) is 3.65. The van der Waals surface area contributed by atoms with Gasteiger partial charge in [-0.1, -0.05) is 32.1 Å². The Morgan fingerprint density at radius 1 is 0.750 bits per heavy atom. The quantitative estimate of drug-likeness (QED) is 0.633. The molecular formula is C11H21N. The minimum atomic E-state index is 1.02. The van der Waals surface area contributed by atoms with Gasteiger partial charge in [0.2, 0.25) is 0 Å². The van der Waals surface area contributed by atoms with Gasteiger partial charge in [0.25, 0.3) is 0 Å². The van der Waals surface area contributed by atoms with Crippen molar-refractivity contribution in [1.29, 1.82) is 0 Å². The predicted octanol–water partition coefficient (Wildman–Crippen LogP) is 2.57. The summed E-state index contributed by atoms with van der Waals surface area (Å²) in [4.78, 5) is 0. The summed E-state index contributed by atoms with van der Waals surface area (Å²) >= 11 is 0. The summed E-state index contributed by atoms with van der Waals surface area (Å²) in [6.45, 7) is 2.58. The Kier molecular flexibility index (Phi) is 3.04. The van der Waals surface area contributed by atoms with Crippen LogP contribution in [-0.2, 0) is 0 Å². The van der Waals surface area contributed by atoms with Crippen LogP contribution in [0.4, 0.5) is 0 Å². The Morgan fingerprint density at radius 3 is 2.25 bits per heavy atom. The Morgan fingerprint density at radius 2 is 1.42 bits per heavy atom. The lowest BCUT2D eigenvalue weighted by Crippen LogP contribution is -2.25. The van der Waals surface area contributed by atoms with Crippen molar-refractivity contribution in [2.24, 2.45) is 11.8 Å². The molecule has 0 aromatic heterocycles. The van der Waals surface area contributed by atoms with Gasteiger partial charge >= 0.3 is 0 Å². The molecule has 2 rings (SSSR count). The van der Waals surface area contributed by atoms with Crippen LogP contribution in [-0.4, -0.2) is 13.1 Å². The molecule has 1 nitrogen and oxygen atoms in total. The van der Waals surface area contributed by atoms with Crippen LogP contribution in [0.25, 0.3) is 0 Å². The summed E-state index contributed by atoms with van der Waals surface area (Å²) < 4.78 is 0. The number of nitrogens with one attached hydrogen (secondary N) is 1. The van der Waals surface area contributed by atoms with Crippen LogP contribution in [0.2, 0.25) is 0 Å². The van der Waals surface area contributed by atoms with E-state index in [9.17, 15) is 0 Å². The van der Waals surface area contributed by atoms with Crippen LogP contribution in [0.15, 0.2) is 0 Å². The maximum atomic E-state index is 3.57. The van der Waals surface area contributed by atoms with E-state index in [-0.39, 0.29) is 0 Å². The van der Waals surface area contributed by atoms with Gasteiger partial charge in [-0.15, -0.1) is 0 Å². The Bertz CT molecular complexity index is 119. The third kappa shape index (κ3) is 2.01. The first-order valence-corrected chi connectivity index (χ1v) is 5.67. The first-order valence-electron chi connectivity index (χ1n) is 5.67. The third-order valence-electron chi connectivity index (χ3n) is 3.65. The average Bonchev–Trinajstić information content (AvgIpc) is 2.48. The molecule has 0 aromatic carbocycles. The lowest BCUT2D eigenvalue weighted by atomic mass is 9.87. The van der Waals surface area contributed by atoms with Crippen LogP contribution in [0.1, 0.15) is 44.9 Å². The highest BCUT2D eigenvalue weighted by Gasteiger charge is 2.24. The second kappa shape index (κ2) is 4.27. The second-order valence-electron chi connectivity index (χ2n) is 4.50. The molecule has 2 fully saturated rings. The number of hydrogen-bond acceptors (Lipinski definition) is 1. The molecule has 1 unspecified atom stereocenters. The van der Waals surface area contributed by atoms with E-state index >= 15 is 0 Å². The Balaban J connectivity index is 1.83. The number of rotatable bonds is 1. The average molecular weight is 167 g/mol. The molecule has 1 aliphatic carbocycles. The van der Waals surface area contributed by atoms with Crippen molar-refractivity contribution in [3.63, 3.8) is 0 Å². The fraction of sp³-hybridized carbons (Fsp3) is 1.00. The molecule has 0 radical (unpaired) electrons. The normalized spacial score (nSPS) is 33.5. The summed E-state index contributed by atoms with van der Waals surface area (Å²) in [5, 5.41) is 3.57. The van der Waals surface area contributed by atoms with Gasteiger partial charge in [0.15, 0.2) is 0 Å². The zero-order valence-corrected chi connectivity index (χ0v) is 8.02. The molecule has 1 saturated carbocycles. The lowest BCUT2D eigenvalue weighted by Gasteiger charge is -2.21. The summed E-state index contributed by atoms with van der Waals surface area (Å²) in [6, 6.07) is 0. The van der Waals surface area contributed by atoms with E-state index in [0.717, 1.165) is 11.8 Å². The standard InChI is InChI=1S/C11H21N/c1-2-6-10(5-1)11-7-3-4-8-12-9-11/h10-12H,1-9H2. The van der Waals surface area contributed by atoms with Crippen LogP contribution in [0.3, 0.4) is 0 Å². The molecule has 0 aromatic rings. The van der Waals surface area contributed by atoms with Crippen molar-refractivity contribution in [3.8, 4) is 0 Å². The highest BCUT2D eigenvalue weighted by Crippen LogP contribution is 2.34. The largest absolute Gasteiger partial charge is 0.316 e. The van der Waals surface area contributed by atoms with Gasteiger partial charge in [-0.05, 0) is 37.8 Å². The van der Waals surface area contributed by atoms with Gasteiger partial charge in [-0.25, -0.2) is 0 Å². The highest BCUT2D eigenvalue weighted by atomic mass is 14.9. The van der Waals surface area contributed by atoms with E-state index in [1.165, 1.54) is 58.0 Å². The van der Waals surface area contributed by atoms with Crippen LogP contribution in [0, 0.1) is 11.8 Å². The van der Waals surface area contributed by atoms with Gasteiger partial charge in [-0.3, -0.25) is 0 Å². The molecule has 1 heterocycles. The number of hydrogen-bond donors (Lipinski definition) is 1. The minimum absolute atomic E-state index is 1.02. The first kappa shape index (κ1) is 8.55. The molecule has 0 bridgehead atoms. The smallest absolute Gasteiger partial charge is 0.00179 e. The van der Waals surface area contributed by atoms with Crippen molar-refractivity contribution < 1.29 is 0 Å². The van der Waals surface area contributed by atoms with E-state index < -0.39 is 0 Å². The SMILES string of the molecule is C1CCC(C2CCCC2)CNC1. The Hall–Kier alpha value is -0.0400. The van der Waals surface area contributed by atoms with Gasteiger partial charge in [0.1, 0.15) is 0 Å². The molecular weight excluding hydrogens is 146 g/mol. The van der Waals surface area contributed by atoms with E-state index in [0.29, 0.717) is 0 Å². The molecule has 70 valence electrons. The molecule has 1 saturated heterocycles. The topological polar surface area (TPSA) is 12.0 Å². The van der Waals surface area contributed by atoms with Crippen LogP contribution in [0.5, 0.6) is 0 Å². The maximum absolute atomic E-state index is 3.57. The van der Waals surface area contributed by atoms with Gasteiger partial charge < -0.3 is 5.32 Å². The van der Waals surface area contributed by atoms with Gasteiger partial charge in [0, 0.05) is 0 Å². The van der Waals surface area contributed by atoms with E-state index in [4.69, 9.17) is 0 Å². The van der Waals surface area contributed by atoms with E-state index in [1.54, 1.807) is 0 Å². The summed E-state index contributed by atoms with van der Waals surface area (Å²) in [6.07, 6.45) is 10.4. The molecule has 1 aliphatic heterocycles. The fourth-order valence-corrected chi connectivity index (χ4v) is 2.88. The van der Waals surface area contributed by atoms with Crippen LogP contribution >= 0.6 is 0 Å². The van der Waals surface area contributed by atoms with Gasteiger partial charge in [0.05, 0.1) is 0 Å². The minimum Gasteiger partial charge on any atom is -0.316 e. The predicted molar refractivity (Wildman–Crippen MR) is 52.2 cm³/mol. The molecule has 1 heteroatoms. The summed E-state index contributed by atoms with van der Waals surface area (Å²) in [7, 11) is 0. The highest BCUT2D eigenvalue weighted by molar-refractivity contribution is 4.78. The molecule has 0 spiro atoms. The molecule has 12 heavy (non-hydrogen) atoms. The summed E-state index contributed by atoms with van der Waals surface area (Å²) in [5.41, 5.74) is 0. The monoisotopic (exact) mass is 167 g/mol. The first-order chi connectivity index (χ1) is 5.97. The maximum Gasteiger partial charge on any atom is -0.00179 e. The van der Waals surface area contributed by atoms with Crippen molar-refractivity contribution in [1.82, 2.24) is 5.32 Å². The fourth-order valence-electron chi connectivity index (χ4n) is 2.88. The molecule has 1 N–H and O–H groups in total. The van der Waals surface area contributed by atoms with Crippen molar-refractivity contribution in [2.75, 3.05) is 13.1 Å². The van der Waals surface area contributed by atoms with E-state index in [1.807, 2.05) is 0 Å².